The second kappa shape index (κ2) is 4.30. The Morgan fingerprint density at radius 2 is 1.88 bits per heavy atom. The van der Waals surface area contributed by atoms with Crippen LogP contribution in [0.5, 0.6) is 0 Å². The number of rotatable bonds is 3. The lowest BCUT2D eigenvalue weighted by Gasteiger charge is -2.48. The number of hydrogen-bond donors (Lipinski definition) is 1. The summed E-state index contributed by atoms with van der Waals surface area (Å²) in [4.78, 5) is 2.81. The van der Waals surface area contributed by atoms with Gasteiger partial charge in [-0.1, -0.05) is 12.8 Å². The zero-order valence-corrected chi connectivity index (χ0v) is 10.5. The summed E-state index contributed by atoms with van der Waals surface area (Å²) in [5.41, 5.74) is 6.51. The summed E-state index contributed by atoms with van der Waals surface area (Å²) >= 11 is 0. The number of nitrogens with two attached hydrogens (primary N) is 1. The van der Waals surface area contributed by atoms with Crippen LogP contribution in [0, 0.1) is 11.3 Å². The molecule has 2 heteroatoms. The first kappa shape index (κ1) is 11.0. The topological polar surface area (TPSA) is 29.3 Å². The van der Waals surface area contributed by atoms with Gasteiger partial charge in [-0.25, -0.2) is 0 Å². The Morgan fingerprint density at radius 3 is 2.56 bits per heavy atom. The first-order valence-corrected chi connectivity index (χ1v) is 7.27. The van der Waals surface area contributed by atoms with E-state index in [-0.39, 0.29) is 0 Å². The van der Waals surface area contributed by atoms with E-state index in [1.807, 2.05) is 0 Å². The zero-order valence-electron chi connectivity index (χ0n) is 10.5. The van der Waals surface area contributed by atoms with Gasteiger partial charge in [0.15, 0.2) is 0 Å². The highest BCUT2D eigenvalue weighted by Gasteiger charge is 2.42. The Kier molecular flexibility index (Phi) is 2.97. The summed E-state index contributed by atoms with van der Waals surface area (Å²) in [7, 11) is 0. The fraction of sp³-hybridized carbons (Fsp3) is 1.00. The van der Waals surface area contributed by atoms with Crippen molar-refractivity contribution in [3.05, 3.63) is 0 Å². The lowest BCUT2D eigenvalue weighted by Crippen LogP contribution is -2.52. The van der Waals surface area contributed by atoms with Crippen molar-refractivity contribution in [2.24, 2.45) is 17.1 Å². The van der Waals surface area contributed by atoms with E-state index in [4.69, 9.17) is 5.73 Å². The van der Waals surface area contributed by atoms with E-state index in [1.54, 1.807) is 0 Å². The molecule has 92 valence electrons. The van der Waals surface area contributed by atoms with Gasteiger partial charge in [0, 0.05) is 12.6 Å². The summed E-state index contributed by atoms with van der Waals surface area (Å²) in [6.45, 7) is 3.58. The molecule has 3 rings (SSSR count). The smallest absolute Gasteiger partial charge is 0.0124 e. The largest absolute Gasteiger partial charge is 0.330 e. The second-order valence-electron chi connectivity index (χ2n) is 6.43. The minimum absolute atomic E-state index is 0.518. The molecule has 16 heavy (non-hydrogen) atoms. The number of nitrogens with zero attached hydrogens (tertiary/aromatic N) is 1. The average molecular weight is 222 g/mol. The molecule has 0 aromatic heterocycles. The van der Waals surface area contributed by atoms with Crippen LogP contribution in [-0.2, 0) is 0 Å². The van der Waals surface area contributed by atoms with Gasteiger partial charge in [0.25, 0.3) is 0 Å². The standard InChI is InChI=1S/C14H26N2/c15-10-14(7-3-8-14)11-16-9-2-5-12-4-1-6-13(12)16/h12-13H,1-11,15H2. The highest BCUT2D eigenvalue weighted by molar-refractivity contribution is 4.96. The fourth-order valence-corrected chi connectivity index (χ4v) is 4.29. The summed E-state index contributed by atoms with van der Waals surface area (Å²) in [6.07, 6.45) is 11.6. The monoisotopic (exact) mass is 222 g/mol. The van der Waals surface area contributed by atoms with Gasteiger partial charge in [0.05, 0.1) is 0 Å². The molecular formula is C14H26N2. The molecule has 1 saturated heterocycles. The fourth-order valence-electron chi connectivity index (χ4n) is 4.29. The predicted octanol–water partition coefficient (Wildman–Crippen LogP) is 2.38. The van der Waals surface area contributed by atoms with Crippen LogP contribution in [0.15, 0.2) is 0 Å². The number of hydrogen-bond acceptors (Lipinski definition) is 2. The van der Waals surface area contributed by atoms with Crippen LogP contribution in [0.3, 0.4) is 0 Å². The molecule has 2 nitrogen and oxygen atoms in total. The van der Waals surface area contributed by atoms with Gasteiger partial charge in [0.2, 0.25) is 0 Å². The van der Waals surface area contributed by atoms with Gasteiger partial charge in [0.1, 0.15) is 0 Å². The molecular weight excluding hydrogens is 196 g/mol. The normalized spacial score (nSPS) is 38.1. The molecule has 2 N–H and O–H groups in total. The van der Waals surface area contributed by atoms with E-state index in [9.17, 15) is 0 Å². The molecule has 2 aliphatic carbocycles. The van der Waals surface area contributed by atoms with Crippen LogP contribution in [0.4, 0.5) is 0 Å². The van der Waals surface area contributed by atoms with E-state index in [2.05, 4.69) is 4.90 Å². The Labute approximate surface area is 99.6 Å². The molecule has 1 aliphatic heterocycles. The first-order valence-electron chi connectivity index (χ1n) is 7.27. The van der Waals surface area contributed by atoms with Crippen LogP contribution in [0.25, 0.3) is 0 Å². The molecule has 2 unspecified atom stereocenters. The summed E-state index contributed by atoms with van der Waals surface area (Å²) < 4.78 is 0. The van der Waals surface area contributed by atoms with Gasteiger partial charge in [-0.15, -0.1) is 0 Å². The maximum absolute atomic E-state index is 6.00. The Bertz CT molecular complexity index is 242. The maximum atomic E-state index is 6.00. The third kappa shape index (κ3) is 1.80. The molecule has 1 heterocycles. The lowest BCUT2D eigenvalue weighted by molar-refractivity contribution is 0.0221. The molecule has 3 fully saturated rings. The first-order chi connectivity index (χ1) is 7.83. The van der Waals surface area contributed by atoms with Crippen molar-refractivity contribution in [1.82, 2.24) is 4.90 Å². The summed E-state index contributed by atoms with van der Waals surface area (Å²) in [6, 6.07) is 0.928. The van der Waals surface area contributed by atoms with E-state index >= 15 is 0 Å². The van der Waals surface area contributed by atoms with Crippen LogP contribution < -0.4 is 5.73 Å². The second-order valence-corrected chi connectivity index (χ2v) is 6.43. The van der Waals surface area contributed by atoms with Crippen molar-refractivity contribution in [2.75, 3.05) is 19.6 Å². The molecule has 0 aromatic rings. The number of fused-ring (bicyclic) bond motifs is 1. The number of likely N-dealkylation sites (tertiary alicyclic amines) is 1. The van der Waals surface area contributed by atoms with E-state index in [0.717, 1.165) is 18.5 Å². The van der Waals surface area contributed by atoms with Crippen LogP contribution >= 0.6 is 0 Å². The van der Waals surface area contributed by atoms with Crippen LogP contribution in [0.2, 0.25) is 0 Å². The molecule has 3 aliphatic rings. The minimum Gasteiger partial charge on any atom is -0.330 e. The SMILES string of the molecule is NCC1(CN2CCCC3CCCC32)CCC1. The minimum atomic E-state index is 0.518. The quantitative estimate of drug-likeness (QED) is 0.794. The number of piperidine rings is 1. The molecule has 2 saturated carbocycles. The predicted molar refractivity (Wildman–Crippen MR) is 67.3 cm³/mol. The maximum Gasteiger partial charge on any atom is 0.0124 e. The zero-order chi connectivity index (χ0) is 11.0. The van der Waals surface area contributed by atoms with Gasteiger partial charge in [-0.3, -0.25) is 4.90 Å². The van der Waals surface area contributed by atoms with Crippen molar-refractivity contribution in [2.45, 2.75) is 57.4 Å². The van der Waals surface area contributed by atoms with E-state index in [0.29, 0.717) is 5.41 Å². The van der Waals surface area contributed by atoms with Gasteiger partial charge >= 0.3 is 0 Å². The highest BCUT2D eigenvalue weighted by Crippen LogP contribution is 2.44. The molecule has 0 radical (unpaired) electrons. The highest BCUT2D eigenvalue weighted by atomic mass is 15.2. The summed E-state index contributed by atoms with van der Waals surface area (Å²) in [5, 5.41) is 0. The van der Waals surface area contributed by atoms with Crippen molar-refractivity contribution >= 4 is 0 Å². The van der Waals surface area contributed by atoms with E-state index < -0.39 is 0 Å². The molecule has 2 atom stereocenters. The third-order valence-electron chi connectivity index (χ3n) is 5.49. The third-order valence-corrected chi connectivity index (χ3v) is 5.49. The molecule has 0 amide bonds. The Balaban J connectivity index is 1.64. The molecule has 0 spiro atoms. The molecule has 0 aromatic carbocycles. The van der Waals surface area contributed by atoms with Crippen molar-refractivity contribution in [3.8, 4) is 0 Å². The van der Waals surface area contributed by atoms with Crippen molar-refractivity contribution in [3.63, 3.8) is 0 Å². The summed E-state index contributed by atoms with van der Waals surface area (Å²) in [5.74, 6) is 1.03. The van der Waals surface area contributed by atoms with Gasteiger partial charge in [-0.2, -0.15) is 0 Å². The van der Waals surface area contributed by atoms with Crippen LogP contribution in [-0.4, -0.2) is 30.6 Å². The molecule has 0 bridgehead atoms. The van der Waals surface area contributed by atoms with Crippen molar-refractivity contribution in [1.29, 1.82) is 0 Å². The van der Waals surface area contributed by atoms with Gasteiger partial charge in [-0.05, 0) is 62.9 Å². The van der Waals surface area contributed by atoms with Gasteiger partial charge < -0.3 is 5.73 Å². The van der Waals surface area contributed by atoms with E-state index in [1.165, 1.54) is 64.5 Å². The van der Waals surface area contributed by atoms with Crippen molar-refractivity contribution < 1.29 is 0 Å². The Hall–Kier alpha value is -0.0800. The lowest BCUT2D eigenvalue weighted by atomic mass is 9.68. The van der Waals surface area contributed by atoms with Crippen LogP contribution in [0.1, 0.15) is 51.4 Å². The Morgan fingerprint density at radius 1 is 1.06 bits per heavy atom. The average Bonchev–Trinajstić information content (AvgIpc) is 2.72.